The Morgan fingerprint density at radius 3 is 2.52 bits per heavy atom. The molecule has 0 spiro atoms. The van der Waals surface area contributed by atoms with Crippen LogP contribution in [0.25, 0.3) is 0 Å². The van der Waals surface area contributed by atoms with Crippen molar-refractivity contribution in [1.29, 1.82) is 0 Å². The van der Waals surface area contributed by atoms with Crippen LogP contribution in [0.15, 0.2) is 42.5 Å². The molecule has 2 aliphatic rings. The van der Waals surface area contributed by atoms with Crippen LogP contribution in [-0.4, -0.2) is 36.3 Å². The minimum atomic E-state index is -0.265. The average Bonchev–Trinajstić information content (AvgIpc) is 3.17. The molecule has 3 atom stereocenters. The Kier molecular flexibility index (Phi) is 5.32. The van der Waals surface area contributed by atoms with E-state index >= 15 is 0 Å². The lowest BCUT2D eigenvalue weighted by Crippen LogP contribution is -2.22. The van der Waals surface area contributed by atoms with Crippen molar-refractivity contribution < 1.29 is 19.0 Å². The highest BCUT2D eigenvalue weighted by Crippen LogP contribution is 2.39. The molecule has 2 aromatic rings. The highest BCUT2D eigenvalue weighted by molar-refractivity contribution is 5.43. The lowest BCUT2D eigenvalue weighted by Gasteiger charge is -2.19. The molecule has 0 radical (unpaired) electrons. The Balaban J connectivity index is 1.42. The number of hydrogen-bond acceptors (Lipinski definition) is 4. The Labute approximate surface area is 159 Å². The van der Waals surface area contributed by atoms with Crippen molar-refractivity contribution in [2.24, 2.45) is 11.8 Å². The summed E-state index contributed by atoms with van der Waals surface area (Å²) in [6.07, 6.45) is 1.75. The van der Waals surface area contributed by atoms with Crippen molar-refractivity contribution in [2.45, 2.75) is 32.1 Å². The van der Waals surface area contributed by atoms with Crippen LogP contribution >= 0.6 is 0 Å². The third-order valence-electron chi connectivity index (χ3n) is 5.78. The maximum Gasteiger partial charge on any atom is 0.161 e. The van der Waals surface area contributed by atoms with Crippen LogP contribution in [0, 0.1) is 17.7 Å². The first-order chi connectivity index (χ1) is 13.1. The summed E-state index contributed by atoms with van der Waals surface area (Å²) >= 11 is 0. The Morgan fingerprint density at radius 1 is 1.07 bits per heavy atom. The first-order valence-electron chi connectivity index (χ1n) is 9.56. The van der Waals surface area contributed by atoms with Gasteiger partial charge in [-0.2, -0.15) is 0 Å². The van der Waals surface area contributed by atoms with Crippen LogP contribution in [0.4, 0.5) is 4.39 Å². The van der Waals surface area contributed by atoms with Crippen LogP contribution < -0.4 is 9.47 Å². The summed E-state index contributed by atoms with van der Waals surface area (Å²) in [5.74, 6) is 2.26. The van der Waals surface area contributed by atoms with Gasteiger partial charge in [-0.05, 0) is 48.4 Å². The molecule has 1 saturated carbocycles. The molecular weight excluding hydrogens is 345 g/mol. The molecule has 1 aliphatic carbocycles. The molecular formula is C22H26FNO3. The summed E-state index contributed by atoms with van der Waals surface area (Å²) in [6, 6.07) is 12.6. The number of ether oxygens (including phenoxy) is 2. The van der Waals surface area contributed by atoms with Crippen LogP contribution in [0.2, 0.25) is 0 Å². The lowest BCUT2D eigenvalue weighted by molar-refractivity contribution is 0.161. The van der Waals surface area contributed by atoms with Gasteiger partial charge in [-0.25, -0.2) is 4.39 Å². The maximum atomic E-state index is 13.8. The fourth-order valence-corrected chi connectivity index (χ4v) is 4.46. The van der Waals surface area contributed by atoms with E-state index in [2.05, 4.69) is 11.0 Å². The van der Waals surface area contributed by atoms with Gasteiger partial charge in [0.2, 0.25) is 0 Å². The van der Waals surface area contributed by atoms with Crippen LogP contribution in [-0.2, 0) is 13.2 Å². The number of aliphatic hydroxyl groups excluding tert-OH is 1. The Bertz CT molecular complexity index is 783. The van der Waals surface area contributed by atoms with Gasteiger partial charge in [0.15, 0.2) is 11.5 Å². The first-order valence-corrected chi connectivity index (χ1v) is 9.56. The van der Waals surface area contributed by atoms with Crippen LogP contribution in [0.3, 0.4) is 0 Å². The molecule has 2 aromatic carbocycles. The zero-order valence-electron chi connectivity index (χ0n) is 15.6. The van der Waals surface area contributed by atoms with Gasteiger partial charge in [0.25, 0.3) is 0 Å². The number of fused-ring (bicyclic) bond motifs is 1. The molecule has 1 saturated heterocycles. The van der Waals surface area contributed by atoms with Crippen LogP contribution in [0.1, 0.15) is 24.0 Å². The van der Waals surface area contributed by atoms with Crippen molar-refractivity contribution in [1.82, 2.24) is 4.90 Å². The zero-order valence-corrected chi connectivity index (χ0v) is 15.6. The number of nitrogens with zero attached hydrogens (tertiary/aromatic N) is 1. The lowest BCUT2D eigenvalue weighted by atomic mass is 10.0. The van der Waals surface area contributed by atoms with Gasteiger partial charge in [0.1, 0.15) is 12.4 Å². The predicted octanol–water partition coefficient (Wildman–Crippen LogP) is 3.62. The van der Waals surface area contributed by atoms with Gasteiger partial charge in [-0.1, -0.05) is 24.3 Å². The second-order valence-electron chi connectivity index (χ2n) is 7.70. The number of rotatable bonds is 6. The largest absolute Gasteiger partial charge is 0.493 e. The minimum absolute atomic E-state index is 0.110. The second kappa shape index (κ2) is 7.87. The van der Waals surface area contributed by atoms with Crippen molar-refractivity contribution in [3.63, 3.8) is 0 Å². The summed E-state index contributed by atoms with van der Waals surface area (Å²) in [5, 5.41) is 9.80. The summed E-state index contributed by atoms with van der Waals surface area (Å²) in [5.41, 5.74) is 1.68. The molecule has 2 fully saturated rings. The highest BCUT2D eigenvalue weighted by atomic mass is 19.1. The molecule has 4 rings (SSSR count). The molecule has 1 aliphatic heterocycles. The number of benzene rings is 2. The van der Waals surface area contributed by atoms with Gasteiger partial charge in [0, 0.05) is 25.2 Å². The second-order valence-corrected chi connectivity index (χ2v) is 7.70. The summed E-state index contributed by atoms with van der Waals surface area (Å²) in [4.78, 5) is 2.45. The van der Waals surface area contributed by atoms with Gasteiger partial charge in [-0.15, -0.1) is 0 Å². The zero-order chi connectivity index (χ0) is 18.8. The number of likely N-dealkylation sites (tertiary alicyclic amines) is 1. The maximum absolute atomic E-state index is 13.8. The number of hydrogen-bond donors (Lipinski definition) is 1. The normalized spacial score (nSPS) is 24.8. The van der Waals surface area contributed by atoms with E-state index in [4.69, 9.17) is 9.47 Å². The quantitative estimate of drug-likeness (QED) is 0.842. The van der Waals surface area contributed by atoms with Crippen molar-refractivity contribution in [3.8, 4) is 11.5 Å². The monoisotopic (exact) mass is 371 g/mol. The van der Waals surface area contributed by atoms with E-state index in [1.807, 2.05) is 12.1 Å². The van der Waals surface area contributed by atoms with Crippen molar-refractivity contribution in [2.75, 3.05) is 20.2 Å². The average molecular weight is 371 g/mol. The van der Waals surface area contributed by atoms with Crippen molar-refractivity contribution >= 4 is 0 Å². The molecule has 0 amide bonds. The summed E-state index contributed by atoms with van der Waals surface area (Å²) in [7, 11) is 1.61. The van der Waals surface area contributed by atoms with Gasteiger partial charge in [-0.3, -0.25) is 4.90 Å². The van der Waals surface area contributed by atoms with Gasteiger partial charge >= 0.3 is 0 Å². The molecule has 1 N–H and O–H groups in total. The fourth-order valence-electron chi connectivity index (χ4n) is 4.46. The van der Waals surface area contributed by atoms with E-state index in [9.17, 15) is 9.50 Å². The van der Waals surface area contributed by atoms with E-state index < -0.39 is 0 Å². The molecule has 27 heavy (non-hydrogen) atoms. The van der Waals surface area contributed by atoms with E-state index in [0.717, 1.165) is 38.0 Å². The standard InChI is InChI=1S/C22H26FNO3/c1-26-21-7-6-15(11-24-12-17-9-19(25)10-18(17)13-24)8-22(21)27-14-16-4-2-3-5-20(16)23/h2-8,17-19,25H,9-14H2,1H3/t17-,18+,19?. The summed E-state index contributed by atoms with van der Waals surface area (Å²) in [6.45, 7) is 3.10. The van der Waals surface area contributed by atoms with E-state index in [-0.39, 0.29) is 18.5 Å². The molecule has 0 bridgehead atoms. The van der Waals surface area contributed by atoms with E-state index in [0.29, 0.717) is 28.9 Å². The number of halogens is 1. The molecule has 5 heteroatoms. The molecule has 1 heterocycles. The Morgan fingerprint density at radius 2 is 1.81 bits per heavy atom. The fraction of sp³-hybridized carbons (Fsp3) is 0.455. The van der Waals surface area contributed by atoms with Gasteiger partial charge < -0.3 is 14.6 Å². The highest BCUT2D eigenvalue weighted by Gasteiger charge is 2.39. The third kappa shape index (κ3) is 4.09. The van der Waals surface area contributed by atoms with E-state index in [1.165, 1.54) is 6.07 Å². The smallest absolute Gasteiger partial charge is 0.161 e. The number of methoxy groups -OCH3 is 1. The van der Waals surface area contributed by atoms with Gasteiger partial charge in [0.05, 0.1) is 13.2 Å². The topological polar surface area (TPSA) is 41.9 Å². The SMILES string of the molecule is COc1ccc(CN2C[C@H]3CC(O)C[C@H]3C2)cc1OCc1ccccc1F. The molecule has 0 aromatic heterocycles. The van der Waals surface area contributed by atoms with Crippen molar-refractivity contribution in [3.05, 3.63) is 59.4 Å². The number of aliphatic hydroxyl groups is 1. The Hall–Kier alpha value is -2.11. The third-order valence-corrected chi connectivity index (χ3v) is 5.78. The molecule has 1 unspecified atom stereocenters. The predicted molar refractivity (Wildman–Crippen MR) is 101 cm³/mol. The van der Waals surface area contributed by atoms with Crippen LogP contribution in [0.5, 0.6) is 11.5 Å². The van der Waals surface area contributed by atoms with E-state index in [1.54, 1.807) is 25.3 Å². The molecule has 144 valence electrons. The molecule has 4 nitrogen and oxygen atoms in total. The summed E-state index contributed by atoms with van der Waals surface area (Å²) < 4.78 is 25.1. The minimum Gasteiger partial charge on any atom is -0.493 e. The first kappa shape index (κ1) is 18.3.